The second-order valence-corrected chi connectivity index (χ2v) is 4.74. The van der Waals surface area contributed by atoms with Crippen LogP contribution in [0.1, 0.15) is 24.8 Å². The minimum Gasteiger partial charge on any atom is -0.361 e. The molecule has 0 amide bonds. The predicted octanol–water partition coefficient (Wildman–Crippen LogP) is 2.66. The van der Waals surface area contributed by atoms with Gasteiger partial charge in [0.25, 0.3) is 0 Å². The molecule has 2 heterocycles. The molecule has 1 aliphatic heterocycles. The van der Waals surface area contributed by atoms with Gasteiger partial charge in [-0.1, -0.05) is 18.6 Å². The van der Waals surface area contributed by atoms with Crippen LogP contribution in [0.15, 0.2) is 30.5 Å². The number of hydrazine groups is 1. The molecule has 0 spiro atoms. The molecule has 0 saturated carbocycles. The highest BCUT2D eigenvalue weighted by molar-refractivity contribution is 5.82. The van der Waals surface area contributed by atoms with Crippen molar-refractivity contribution >= 4 is 10.9 Å². The zero-order chi connectivity index (χ0) is 11.5. The van der Waals surface area contributed by atoms with Gasteiger partial charge in [0.1, 0.15) is 0 Å². The number of aromatic amines is 1. The van der Waals surface area contributed by atoms with Crippen LogP contribution in [-0.2, 0) is 6.54 Å². The molecule has 0 radical (unpaired) electrons. The summed E-state index contributed by atoms with van der Waals surface area (Å²) in [6.45, 7) is 3.29. The van der Waals surface area contributed by atoms with Gasteiger partial charge < -0.3 is 4.98 Å². The lowest BCUT2D eigenvalue weighted by atomic mass is 10.1. The van der Waals surface area contributed by atoms with Gasteiger partial charge in [-0.05, 0) is 30.5 Å². The summed E-state index contributed by atoms with van der Waals surface area (Å²) in [6.07, 6.45) is 6.03. The highest BCUT2D eigenvalue weighted by Crippen LogP contribution is 2.17. The first kappa shape index (κ1) is 10.8. The lowest BCUT2D eigenvalue weighted by Crippen LogP contribution is -2.41. The summed E-state index contributed by atoms with van der Waals surface area (Å²) in [7, 11) is 0. The van der Waals surface area contributed by atoms with Crippen molar-refractivity contribution in [1.29, 1.82) is 0 Å². The predicted molar refractivity (Wildman–Crippen MR) is 70.6 cm³/mol. The molecule has 2 aromatic rings. The van der Waals surface area contributed by atoms with E-state index in [0.717, 1.165) is 6.54 Å². The van der Waals surface area contributed by atoms with E-state index in [-0.39, 0.29) is 0 Å². The third kappa shape index (κ3) is 2.35. The van der Waals surface area contributed by atoms with Gasteiger partial charge in [-0.15, -0.1) is 0 Å². The number of H-pyrrole nitrogens is 1. The maximum absolute atomic E-state index is 3.54. The zero-order valence-electron chi connectivity index (χ0n) is 10.1. The summed E-state index contributed by atoms with van der Waals surface area (Å²) in [6, 6.07) is 8.60. The van der Waals surface area contributed by atoms with Gasteiger partial charge >= 0.3 is 0 Å². The summed E-state index contributed by atoms with van der Waals surface area (Å²) in [4.78, 5) is 3.26. The Morgan fingerprint density at radius 3 is 2.88 bits per heavy atom. The monoisotopic (exact) mass is 229 g/mol. The highest BCUT2D eigenvalue weighted by atomic mass is 15.5. The van der Waals surface area contributed by atoms with Crippen molar-refractivity contribution in [1.82, 2.24) is 15.4 Å². The van der Waals surface area contributed by atoms with Gasteiger partial charge in [0.2, 0.25) is 0 Å². The van der Waals surface area contributed by atoms with Crippen LogP contribution in [0.4, 0.5) is 0 Å². The standard InChI is InChI=1S/C14H19N3/c1-2-9-17(10-3-1)16-11-12-5-4-6-14-13(12)7-8-15-14/h4-8,15-16H,1-3,9-11H2. The Morgan fingerprint density at radius 1 is 1.12 bits per heavy atom. The van der Waals surface area contributed by atoms with Gasteiger partial charge in [0, 0.05) is 36.7 Å². The molecule has 3 heteroatoms. The molecule has 1 aliphatic rings. The van der Waals surface area contributed by atoms with Crippen molar-refractivity contribution < 1.29 is 0 Å². The van der Waals surface area contributed by atoms with E-state index in [0.29, 0.717) is 0 Å². The van der Waals surface area contributed by atoms with Gasteiger partial charge in [-0.2, -0.15) is 0 Å². The number of hydrogen-bond donors (Lipinski definition) is 2. The average Bonchev–Trinajstić information content (AvgIpc) is 2.86. The first-order valence-corrected chi connectivity index (χ1v) is 6.47. The molecule has 0 unspecified atom stereocenters. The average molecular weight is 229 g/mol. The van der Waals surface area contributed by atoms with Crippen LogP contribution in [0.25, 0.3) is 10.9 Å². The van der Waals surface area contributed by atoms with E-state index in [1.54, 1.807) is 0 Å². The summed E-state index contributed by atoms with van der Waals surface area (Å²) in [5.74, 6) is 0. The first-order valence-electron chi connectivity index (χ1n) is 6.47. The molecule has 0 atom stereocenters. The van der Waals surface area contributed by atoms with E-state index in [2.05, 4.69) is 39.7 Å². The van der Waals surface area contributed by atoms with Gasteiger partial charge in [-0.3, -0.25) is 5.43 Å². The number of benzene rings is 1. The molecule has 3 rings (SSSR count). The largest absolute Gasteiger partial charge is 0.361 e. The quantitative estimate of drug-likeness (QED) is 0.847. The van der Waals surface area contributed by atoms with E-state index in [4.69, 9.17) is 0 Å². The summed E-state index contributed by atoms with van der Waals surface area (Å²) >= 11 is 0. The molecular weight excluding hydrogens is 210 g/mol. The van der Waals surface area contributed by atoms with Crippen molar-refractivity contribution in [2.24, 2.45) is 0 Å². The van der Waals surface area contributed by atoms with Crippen molar-refractivity contribution in [2.75, 3.05) is 13.1 Å². The fraction of sp³-hybridized carbons (Fsp3) is 0.429. The second-order valence-electron chi connectivity index (χ2n) is 4.74. The Labute approximate surface area is 102 Å². The molecule has 0 aliphatic carbocycles. The molecular formula is C14H19N3. The molecule has 1 aromatic heterocycles. The number of fused-ring (bicyclic) bond motifs is 1. The van der Waals surface area contributed by atoms with Crippen molar-refractivity contribution in [3.05, 3.63) is 36.0 Å². The maximum Gasteiger partial charge on any atom is 0.0457 e. The molecule has 2 N–H and O–H groups in total. The number of nitrogens with zero attached hydrogens (tertiary/aromatic N) is 1. The number of nitrogens with one attached hydrogen (secondary N) is 2. The molecule has 1 fully saturated rings. The van der Waals surface area contributed by atoms with E-state index >= 15 is 0 Å². The molecule has 1 saturated heterocycles. The van der Waals surface area contributed by atoms with Crippen LogP contribution in [0.3, 0.4) is 0 Å². The number of rotatable bonds is 3. The van der Waals surface area contributed by atoms with Crippen LogP contribution in [0, 0.1) is 0 Å². The van der Waals surface area contributed by atoms with E-state index < -0.39 is 0 Å². The smallest absolute Gasteiger partial charge is 0.0457 e. The van der Waals surface area contributed by atoms with Gasteiger partial charge in [-0.25, -0.2) is 5.01 Å². The Kier molecular flexibility index (Phi) is 3.12. The summed E-state index contributed by atoms with van der Waals surface area (Å²) < 4.78 is 0. The molecule has 90 valence electrons. The van der Waals surface area contributed by atoms with Crippen molar-refractivity contribution in [2.45, 2.75) is 25.8 Å². The SMILES string of the molecule is c1cc(CNN2CCCCC2)c2cc[nH]c2c1. The Bertz CT molecular complexity index is 483. The molecule has 0 bridgehead atoms. The fourth-order valence-electron chi connectivity index (χ4n) is 2.55. The number of hydrogen-bond acceptors (Lipinski definition) is 2. The summed E-state index contributed by atoms with van der Waals surface area (Å²) in [5, 5.41) is 3.69. The lowest BCUT2D eigenvalue weighted by molar-refractivity contribution is 0.151. The third-order valence-electron chi connectivity index (χ3n) is 3.53. The van der Waals surface area contributed by atoms with Gasteiger partial charge in [0.15, 0.2) is 0 Å². The third-order valence-corrected chi connectivity index (χ3v) is 3.53. The molecule has 3 nitrogen and oxygen atoms in total. The van der Waals surface area contributed by atoms with Crippen molar-refractivity contribution in [3.8, 4) is 0 Å². The maximum atomic E-state index is 3.54. The minimum atomic E-state index is 0.926. The van der Waals surface area contributed by atoms with E-state index in [1.165, 1.54) is 48.8 Å². The first-order chi connectivity index (χ1) is 8.43. The van der Waals surface area contributed by atoms with Crippen LogP contribution in [0.5, 0.6) is 0 Å². The van der Waals surface area contributed by atoms with Crippen LogP contribution in [0.2, 0.25) is 0 Å². The van der Waals surface area contributed by atoms with Crippen LogP contribution >= 0.6 is 0 Å². The van der Waals surface area contributed by atoms with Crippen LogP contribution < -0.4 is 5.43 Å². The van der Waals surface area contributed by atoms with Crippen molar-refractivity contribution in [3.63, 3.8) is 0 Å². The van der Waals surface area contributed by atoms with E-state index in [1.807, 2.05) is 6.20 Å². The Balaban J connectivity index is 1.69. The summed E-state index contributed by atoms with van der Waals surface area (Å²) in [5.41, 5.74) is 6.13. The Hall–Kier alpha value is -1.32. The Morgan fingerprint density at radius 2 is 2.00 bits per heavy atom. The normalized spacial score (nSPS) is 17.6. The molecule has 17 heavy (non-hydrogen) atoms. The topological polar surface area (TPSA) is 31.1 Å². The number of piperidine rings is 1. The zero-order valence-corrected chi connectivity index (χ0v) is 10.1. The van der Waals surface area contributed by atoms with Crippen LogP contribution in [-0.4, -0.2) is 23.1 Å². The highest BCUT2D eigenvalue weighted by Gasteiger charge is 2.09. The second kappa shape index (κ2) is 4.90. The van der Waals surface area contributed by atoms with Gasteiger partial charge in [0.05, 0.1) is 0 Å². The fourth-order valence-corrected chi connectivity index (χ4v) is 2.55. The minimum absolute atomic E-state index is 0.926. The molecule has 1 aromatic carbocycles. The number of aromatic nitrogens is 1. The van der Waals surface area contributed by atoms with E-state index in [9.17, 15) is 0 Å². The lowest BCUT2D eigenvalue weighted by Gasteiger charge is -2.27.